The van der Waals surface area contributed by atoms with Gasteiger partial charge in [-0.25, -0.2) is 13.8 Å². The average molecular weight is 636 g/mol. The minimum Gasteiger partial charge on any atom is -0.507 e. The Morgan fingerprint density at radius 1 is 1.16 bits per heavy atom. The van der Waals surface area contributed by atoms with Gasteiger partial charge in [0.25, 0.3) is 0 Å². The number of aromatic nitrogens is 1. The van der Waals surface area contributed by atoms with Gasteiger partial charge in [0.2, 0.25) is 12.3 Å². The maximum atomic E-state index is 16.1. The molecule has 2 heterocycles. The van der Waals surface area contributed by atoms with Crippen molar-refractivity contribution in [1.29, 1.82) is 0 Å². The van der Waals surface area contributed by atoms with Gasteiger partial charge in [0.05, 0.1) is 16.8 Å². The fourth-order valence-electron chi connectivity index (χ4n) is 5.58. The number of amides is 2. The zero-order valence-corrected chi connectivity index (χ0v) is 27.2. The maximum absolute atomic E-state index is 16.1. The quantitative estimate of drug-likeness (QED) is 0.0921. The first-order valence-corrected chi connectivity index (χ1v) is 15.7. The summed E-state index contributed by atoms with van der Waals surface area (Å²) in [4.78, 5) is 40.5. The normalized spacial score (nSPS) is 15.5. The largest absolute Gasteiger partial charge is 0.507 e. The number of carbonyl (C=O) groups excluding carboxylic acids is 2. The first kappa shape index (κ1) is 33.6. The number of carbonyl (C=O) groups is 2. The zero-order valence-electron chi connectivity index (χ0n) is 26.4. The number of rotatable bonds is 9. The summed E-state index contributed by atoms with van der Waals surface area (Å²) in [5.41, 5.74) is 0.787. The van der Waals surface area contributed by atoms with Crippen molar-refractivity contribution in [1.82, 2.24) is 14.8 Å². The molecule has 1 aromatic heterocycles. The van der Waals surface area contributed by atoms with E-state index < -0.39 is 28.6 Å². The summed E-state index contributed by atoms with van der Waals surface area (Å²) in [6, 6.07) is 10.4. The molecule has 2 amide bonds. The van der Waals surface area contributed by atoms with Crippen LogP contribution in [0.15, 0.2) is 65.0 Å². The van der Waals surface area contributed by atoms with Crippen LogP contribution >= 0.6 is 11.8 Å². The number of benzene rings is 2. The smallest absolute Gasteiger partial charge is 0.246 e. The number of halogens is 2. The van der Waals surface area contributed by atoms with Gasteiger partial charge in [-0.05, 0) is 48.7 Å². The Morgan fingerprint density at radius 2 is 1.87 bits per heavy atom. The standard InChI is InChI=1S/C34H39F2N5O3S/c1-8-29(44)39-15-16-40(22(6)18-39)33(37-7)24-17-26(36)31(30-25(35)12-10-13-27(30)43)38-34(24)41(19-42)32-23(20(2)3)11-9-14-28(32)45-21(4)5/h8-14,17,19-22,43H,1,15-16,18H2,2-7H3. The van der Waals surface area contributed by atoms with Crippen LogP contribution in [0, 0.1) is 11.6 Å². The number of para-hydroxylation sites is 1. The lowest BCUT2D eigenvalue weighted by Gasteiger charge is -2.41. The number of amidine groups is 1. The van der Waals surface area contributed by atoms with Crippen LogP contribution in [0.5, 0.6) is 5.75 Å². The number of thioether (sulfide) groups is 1. The molecule has 0 aliphatic carbocycles. The molecule has 1 atom stereocenters. The molecule has 0 radical (unpaired) electrons. The highest BCUT2D eigenvalue weighted by atomic mass is 32.2. The van der Waals surface area contributed by atoms with Crippen molar-refractivity contribution in [2.24, 2.45) is 4.99 Å². The molecule has 0 bridgehead atoms. The third kappa shape index (κ3) is 6.88. The Labute approximate surface area is 267 Å². The van der Waals surface area contributed by atoms with Crippen molar-refractivity contribution >= 4 is 41.4 Å². The van der Waals surface area contributed by atoms with Gasteiger partial charge in [-0.1, -0.05) is 52.5 Å². The van der Waals surface area contributed by atoms with E-state index in [0.717, 1.165) is 16.5 Å². The van der Waals surface area contributed by atoms with Crippen LogP contribution in [0.2, 0.25) is 0 Å². The predicted molar refractivity (Wildman–Crippen MR) is 176 cm³/mol. The first-order chi connectivity index (χ1) is 21.4. The van der Waals surface area contributed by atoms with E-state index in [0.29, 0.717) is 37.6 Å². The Hall–Kier alpha value is -4.25. The van der Waals surface area contributed by atoms with Gasteiger partial charge in [0, 0.05) is 42.9 Å². The van der Waals surface area contributed by atoms with Crippen molar-refractivity contribution in [2.45, 2.75) is 56.7 Å². The molecular formula is C34H39F2N5O3S. The van der Waals surface area contributed by atoms with Gasteiger partial charge in [-0.2, -0.15) is 0 Å². The van der Waals surface area contributed by atoms with Crippen molar-refractivity contribution < 1.29 is 23.5 Å². The summed E-state index contributed by atoms with van der Waals surface area (Å²) < 4.78 is 31.2. The monoisotopic (exact) mass is 635 g/mol. The number of piperazine rings is 1. The lowest BCUT2D eigenvalue weighted by Crippen LogP contribution is -2.55. The third-order valence-corrected chi connectivity index (χ3v) is 8.67. The van der Waals surface area contributed by atoms with Crippen molar-refractivity contribution in [3.63, 3.8) is 0 Å². The van der Waals surface area contributed by atoms with Crippen molar-refractivity contribution in [2.75, 3.05) is 31.6 Å². The molecule has 4 rings (SSSR count). The number of pyridine rings is 1. The first-order valence-electron chi connectivity index (χ1n) is 14.8. The molecule has 0 spiro atoms. The molecule has 8 nitrogen and oxygen atoms in total. The van der Waals surface area contributed by atoms with E-state index in [1.807, 2.05) is 57.7 Å². The Kier molecular flexibility index (Phi) is 10.6. The van der Waals surface area contributed by atoms with Crippen LogP contribution in [-0.2, 0) is 9.59 Å². The van der Waals surface area contributed by atoms with E-state index in [1.54, 1.807) is 23.7 Å². The van der Waals surface area contributed by atoms with Gasteiger partial charge in [-0.3, -0.25) is 19.5 Å². The van der Waals surface area contributed by atoms with Crippen molar-refractivity contribution in [3.05, 3.63) is 77.9 Å². The van der Waals surface area contributed by atoms with Gasteiger partial charge in [0.15, 0.2) is 11.6 Å². The Bertz CT molecular complexity index is 1610. The van der Waals surface area contributed by atoms with E-state index in [-0.39, 0.29) is 34.5 Å². The highest BCUT2D eigenvalue weighted by Gasteiger charge is 2.33. The molecule has 1 saturated heterocycles. The van der Waals surface area contributed by atoms with E-state index in [2.05, 4.69) is 16.6 Å². The molecular weight excluding hydrogens is 596 g/mol. The predicted octanol–water partition coefficient (Wildman–Crippen LogP) is 6.75. The highest BCUT2D eigenvalue weighted by molar-refractivity contribution is 8.00. The van der Waals surface area contributed by atoms with Crippen LogP contribution in [-0.4, -0.2) is 76.0 Å². The van der Waals surface area contributed by atoms with Crippen LogP contribution in [0.25, 0.3) is 11.3 Å². The molecule has 1 aliphatic heterocycles. The van der Waals surface area contributed by atoms with E-state index in [9.17, 15) is 14.7 Å². The topological polar surface area (TPSA) is 89.3 Å². The summed E-state index contributed by atoms with van der Waals surface area (Å²) in [6.07, 6.45) is 1.89. The molecule has 1 unspecified atom stereocenters. The minimum atomic E-state index is -0.900. The number of nitrogens with zero attached hydrogens (tertiary/aromatic N) is 5. The molecule has 3 aromatic rings. The molecule has 0 saturated carbocycles. The average Bonchev–Trinajstić information content (AvgIpc) is 2.99. The second kappa shape index (κ2) is 14.2. The summed E-state index contributed by atoms with van der Waals surface area (Å²) >= 11 is 1.57. The van der Waals surface area contributed by atoms with E-state index in [1.165, 1.54) is 29.2 Å². The molecule has 1 fully saturated rings. The number of hydrogen-bond acceptors (Lipinski definition) is 6. The molecule has 1 N–H and O–H groups in total. The highest BCUT2D eigenvalue weighted by Crippen LogP contribution is 2.43. The number of hydrogen-bond donors (Lipinski definition) is 1. The van der Waals surface area contributed by atoms with Crippen LogP contribution in [0.4, 0.5) is 20.3 Å². The van der Waals surface area contributed by atoms with Gasteiger partial charge in [0.1, 0.15) is 23.1 Å². The number of aromatic hydroxyl groups is 1. The number of aliphatic imine (C=N–C) groups is 1. The maximum Gasteiger partial charge on any atom is 0.246 e. The van der Waals surface area contributed by atoms with Crippen LogP contribution in [0.3, 0.4) is 0 Å². The van der Waals surface area contributed by atoms with Gasteiger partial charge >= 0.3 is 0 Å². The fourth-order valence-corrected chi connectivity index (χ4v) is 6.57. The third-order valence-electron chi connectivity index (χ3n) is 7.61. The van der Waals surface area contributed by atoms with Crippen LogP contribution < -0.4 is 4.90 Å². The second-order valence-corrected chi connectivity index (χ2v) is 13.0. The molecule has 238 valence electrons. The Morgan fingerprint density at radius 3 is 2.44 bits per heavy atom. The molecule has 11 heteroatoms. The lowest BCUT2D eigenvalue weighted by atomic mass is 9.99. The molecule has 45 heavy (non-hydrogen) atoms. The number of phenolic OH excluding ortho intramolecular Hbond substituents is 1. The summed E-state index contributed by atoms with van der Waals surface area (Å²) in [5.74, 6) is -2.06. The number of phenols is 1. The molecule has 1 aliphatic rings. The lowest BCUT2D eigenvalue weighted by molar-refractivity contribution is -0.128. The zero-order chi connectivity index (χ0) is 33.0. The van der Waals surface area contributed by atoms with Crippen LogP contribution in [0.1, 0.15) is 51.7 Å². The summed E-state index contributed by atoms with van der Waals surface area (Å²) in [5, 5.41) is 10.8. The molecule has 2 aromatic carbocycles. The fraction of sp³-hybridized carbons (Fsp3) is 0.353. The van der Waals surface area contributed by atoms with E-state index >= 15 is 8.78 Å². The summed E-state index contributed by atoms with van der Waals surface area (Å²) in [6.45, 7) is 14.7. The second-order valence-electron chi connectivity index (χ2n) is 11.4. The minimum absolute atomic E-state index is 0.00366. The van der Waals surface area contributed by atoms with E-state index in [4.69, 9.17) is 0 Å². The SMILES string of the molecule is C=CC(=O)N1CCN(C(=NC)c2cc(F)c(-c3c(O)cccc3F)nc2N(C=O)c2c(SC(C)C)cccc2C(C)C)C(C)C1. The number of anilines is 2. The summed E-state index contributed by atoms with van der Waals surface area (Å²) in [7, 11) is 1.56. The van der Waals surface area contributed by atoms with Gasteiger partial charge in [-0.15, -0.1) is 11.8 Å². The Balaban J connectivity index is 2.01. The van der Waals surface area contributed by atoms with Crippen molar-refractivity contribution in [3.8, 4) is 17.0 Å². The van der Waals surface area contributed by atoms with Gasteiger partial charge < -0.3 is 14.9 Å².